The molecule has 0 amide bonds. The fourth-order valence-corrected chi connectivity index (χ4v) is 2.96. The Morgan fingerprint density at radius 3 is 3.11 bits per heavy atom. The molecule has 6 nitrogen and oxygen atoms in total. The molecule has 2 heterocycles. The number of aromatic nitrogens is 2. The van der Waals surface area contributed by atoms with Gasteiger partial charge in [-0.15, -0.1) is 0 Å². The lowest BCUT2D eigenvalue weighted by molar-refractivity contribution is 0.0249. The van der Waals surface area contributed by atoms with E-state index in [1.165, 1.54) is 6.07 Å². The number of nitrogens with zero attached hydrogens (tertiary/aromatic N) is 3. The molecule has 19 heavy (non-hydrogen) atoms. The third-order valence-electron chi connectivity index (χ3n) is 3.80. The molecule has 1 saturated heterocycles. The van der Waals surface area contributed by atoms with E-state index in [9.17, 15) is 4.79 Å². The number of anilines is 1. The number of carboxylic acid groups (broad SMARTS) is 1. The minimum atomic E-state index is -1.01. The quantitative estimate of drug-likeness (QED) is 0.865. The van der Waals surface area contributed by atoms with Crippen LogP contribution in [0, 0.1) is 6.92 Å². The van der Waals surface area contributed by atoms with Gasteiger partial charge in [-0.3, -0.25) is 0 Å². The zero-order valence-electron chi connectivity index (χ0n) is 10.9. The fourth-order valence-electron chi connectivity index (χ4n) is 2.96. The van der Waals surface area contributed by atoms with Crippen LogP contribution in [-0.4, -0.2) is 46.3 Å². The van der Waals surface area contributed by atoms with Crippen LogP contribution in [0.3, 0.4) is 0 Å². The van der Waals surface area contributed by atoms with Crippen LogP contribution in [0.5, 0.6) is 0 Å². The van der Waals surface area contributed by atoms with E-state index in [4.69, 9.17) is 9.84 Å². The number of ether oxygens (including phenoxy) is 1. The van der Waals surface area contributed by atoms with Gasteiger partial charge in [0.15, 0.2) is 5.69 Å². The van der Waals surface area contributed by atoms with Crippen LogP contribution in [-0.2, 0) is 4.74 Å². The van der Waals surface area contributed by atoms with Gasteiger partial charge in [0.25, 0.3) is 0 Å². The zero-order valence-corrected chi connectivity index (χ0v) is 10.9. The third kappa shape index (κ3) is 2.28. The third-order valence-corrected chi connectivity index (χ3v) is 3.80. The first-order valence-corrected chi connectivity index (χ1v) is 6.62. The summed E-state index contributed by atoms with van der Waals surface area (Å²) in [6, 6.07) is 1.79. The molecule has 102 valence electrons. The van der Waals surface area contributed by atoms with Crippen molar-refractivity contribution in [3.05, 3.63) is 17.5 Å². The molecule has 0 aromatic carbocycles. The monoisotopic (exact) mass is 263 g/mol. The summed E-state index contributed by atoms with van der Waals surface area (Å²) >= 11 is 0. The number of hydrogen-bond donors (Lipinski definition) is 1. The molecule has 1 aromatic rings. The van der Waals surface area contributed by atoms with Crippen molar-refractivity contribution >= 4 is 11.9 Å². The number of aryl methyl sites for hydroxylation is 1. The highest BCUT2D eigenvalue weighted by atomic mass is 16.5. The van der Waals surface area contributed by atoms with Gasteiger partial charge in [-0.1, -0.05) is 0 Å². The molecular formula is C13H17N3O3. The highest BCUT2D eigenvalue weighted by Crippen LogP contribution is 2.31. The number of carboxylic acids is 1. The van der Waals surface area contributed by atoms with Crippen molar-refractivity contribution in [2.24, 2.45) is 0 Å². The Kier molecular flexibility index (Phi) is 3.10. The molecule has 3 rings (SSSR count). The van der Waals surface area contributed by atoms with Crippen LogP contribution >= 0.6 is 0 Å². The lowest BCUT2D eigenvalue weighted by atomic mass is 10.1. The zero-order chi connectivity index (χ0) is 13.4. The molecule has 0 spiro atoms. The maximum Gasteiger partial charge on any atom is 0.354 e. The molecule has 6 heteroatoms. The van der Waals surface area contributed by atoms with Gasteiger partial charge in [-0.05, 0) is 32.3 Å². The Balaban J connectivity index is 1.94. The smallest absolute Gasteiger partial charge is 0.354 e. The number of hydrogen-bond acceptors (Lipinski definition) is 5. The van der Waals surface area contributed by atoms with Gasteiger partial charge in [0.05, 0.1) is 18.8 Å². The number of rotatable bonds is 2. The minimum Gasteiger partial charge on any atom is -0.477 e. The summed E-state index contributed by atoms with van der Waals surface area (Å²) in [6.45, 7) is 3.18. The van der Waals surface area contributed by atoms with Crippen molar-refractivity contribution in [2.75, 3.05) is 18.1 Å². The summed E-state index contributed by atoms with van der Waals surface area (Å²) in [7, 11) is 0. The van der Waals surface area contributed by atoms with Crippen LogP contribution in [0.25, 0.3) is 0 Å². The highest BCUT2D eigenvalue weighted by molar-refractivity contribution is 5.85. The first-order valence-electron chi connectivity index (χ1n) is 6.62. The normalized spacial score (nSPS) is 26.3. The second kappa shape index (κ2) is 4.77. The predicted molar refractivity (Wildman–Crippen MR) is 68.5 cm³/mol. The summed E-state index contributed by atoms with van der Waals surface area (Å²) < 4.78 is 5.75. The van der Waals surface area contributed by atoms with E-state index in [2.05, 4.69) is 14.9 Å². The van der Waals surface area contributed by atoms with Crippen LogP contribution in [0.4, 0.5) is 5.95 Å². The van der Waals surface area contributed by atoms with Crippen molar-refractivity contribution in [3.63, 3.8) is 0 Å². The Bertz CT molecular complexity index is 506. The second-order valence-corrected chi connectivity index (χ2v) is 5.10. The summed E-state index contributed by atoms with van der Waals surface area (Å²) in [5, 5.41) is 9.09. The van der Waals surface area contributed by atoms with Crippen LogP contribution < -0.4 is 4.90 Å². The van der Waals surface area contributed by atoms with Crippen molar-refractivity contribution in [1.82, 2.24) is 9.97 Å². The van der Waals surface area contributed by atoms with E-state index in [0.29, 0.717) is 18.2 Å². The standard InChI is InChI=1S/C13H17N3O3/c1-8-7-9(12(17)18)15-13(14-8)16-5-6-19-11-4-2-3-10(11)16/h7,10-11H,2-6H2,1H3,(H,17,18). The van der Waals surface area contributed by atoms with E-state index in [1.54, 1.807) is 6.92 Å². The average Bonchev–Trinajstić information content (AvgIpc) is 2.85. The number of fused-ring (bicyclic) bond motifs is 1. The average molecular weight is 263 g/mol. The van der Waals surface area contributed by atoms with Gasteiger partial charge in [0.1, 0.15) is 0 Å². The topological polar surface area (TPSA) is 75.5 Å². The summed E-state index contributed by atoms with van der Waals surface area (Å²) in [6.07, 6.45) is 3.51. The Labute approximate surface area is 111 Å². The number of morpholine rings is 1. The van der Waals surface area contributed by atoms with Gasteiger partial charge in [-0.25, -0.2) is 14.8 Å². The van der Waals surface area contributed by atoms with Crippen LogP contribution in [0.1, 0.15) is 35.4 Å². The van der Waals surface area contributed by atoms with E-state index in [0.717, 1.165) is 25.8 Å². The van der Waals surface area contributed by atoms with Gasteiger partial charge in [-0.2, -0.15) is 0 Å². The molecule has 1 N–H and O–H groups in total. The molecular weight excluding hydrogens is 246 g/mol. The summed E-state index contributed by atoms with van der Waals surface area (Å²) in [4.78, 5) is 21.8. The maximum absolute atomic E-state index is 11.1. The molecule has 2 aliphatic rings. The first-order chi connectivity index (χ1) is 9.15. The van der Waals surface area contributed by atoms with Gasteiger partial charge < -0.3 is 14.7 Å². The lowest BCUT2D eigenvalue weighted by Gasteiger charge is -2.37. The van der Waals surface area contributed by atoms with Crippen molar-refractivity contribution in [3.8, 4) is 0 Å². The van der Waals surface area contributed by atoms with E-state index in [-0.39, 0.29) is 17.8 Å². The molecule has 1 aliphatic heterocycles. The Hall–Kier alpha value is -1.69. The largest absolute Gasteiger partial charge is 0.477 e. The summed E-state index contributed by atoms with van der Waals surface area (Å²) in [5.41, 5.74) is 0.743. The van der Waals surface area contributed by atoms with Crippen molar-refractivity contribution in [2.45, 2.75) is 38.3 Å². The Morgan fingerprint density at radius 2 is 2.32 bits per heavy atom. The predicted octanol–water partition coefficient (Wildman–Crippen LogP) is 1.24. The molecule has 1 aromatic heterocycles. The van der Waals surface area contributed by atoms with Crippen molar-refractivity contribution in [1.29, 1.82) is 0 Å². The number of carbonyl (C=O) groups is 1. The molecule has 2 atom stereocenters. The van der Waals surface area contributed by atoms with E-state index >= 15 is 0 Å². The van der Waals surface area contributed by atoms with E-state index in [1.807, 2.05) is 0 Å². The summed E-state index contributed by atoms with van der Waals surface area (Å²) in [5.74, 6) is -0.486. The number of aromatic carboxylic acids is 1. The first kappa shape index (κ1) is 12.3. The van der Waals surface area contributed by atoms with Gasteiger partial charge >= 0.3 is 5.97 Å². The van der Waals surface area contributed by atoms with Crippen LogP contribution in [0.15, 0.2) is 6.07 Å². The minimum absolute atomic E-state index is 0.0588. The van der Waals surface area contributed by atoms with Crippen molar-refractivity contribution < 1.29 is 14.6 Å². The maximum atomic E-state index is 11.1. The SMILES string of the molecule is Cc1cc(C(=O)O)nc(N2CCOC3CCCC32)n1. The Morgan fingerprint density at radius 1 is 1.47 bits per heavy atom. The molecule has 2 unspecified atom stereocenters. The van der Waals surface area contributed by atoms with Crippen LogP contribution in [0.2, 0.25) is 0 Å². The fraction of sp³-hybridized carbons (Fsp3) is 0.615. The molecule has 2 fully saturated rings. The van der Waals surface area contributed by atoms with Gasteiger partial charge in [0.2, 0.25) is 5.95 Å². The molecule has 0 radical (unpaired) electrons. The molecule has 0 bridgehead atoms. The lowest BCUT2D eigenvalue weighted by Crippen LogP contribution is -2.49. The van der Waals surface area contributed by atoms with Gasteiger partial charge in [0, 0.05) is 12.2 Å². The molecule has 1 saturated carbocycles. The highest BCUT2D eigenvalue weighted by Gasteiger charge is 2.37. The van der Waals surface area contributed by atoms with E-state index < -0.39 is 5.97 Å². The second-order valence-electron chi connectivity index (χ2n) is 5.10. The molecule has 1 aliphatic carbocycles.